The van der Waals surface area contributed by atoms with Crippen LogP contribution in [-0.2, 0) is 0 Å². The molecule has 0 atom stereocenters. The van der Waals surface area contributed by atoms with E-state index in [1.807, 2.05) is 38.2 Å². The van der Waals surface area contributed by atoms with Crippen LogP contribution in [0.4, 0.5) is 11.6 Å². The van der Waals surface area contributed by atoms with Crippen LogP contribution in [0.15, 0.2) is 47.0 Å². The molecule has 1 saturated carbocycles. The number of hydrogen-bond donors (Lipinski definition) is 4. The molecule has 40 heavy (non-hydrogen) atoms. The van der Waals surface area contributed by atoms with E-state index in [1.54, 1.807) is 18.2 Å². The largest absolute Gasteiger partial charge is 0.495 e. The van der Waals surface area contributed by atoms with Crippen molar-refractivity contribution in [1.29, 1.82) is 0 Å². The van der Waals surface area contributed by atoms with Gasteiger partial charge in [0, 0.05) is 24.2 Å². The van der Waals surface area contributed by atoms with Gasteiger partial charge in [-0.1, -0.05) is 6.07 Å². The van der Waals surface area contributed by atoms with E-state index in [0.717, 1.165) is 22.0 Å². The molecule has 2 aromatic carbocycles. The fourth-order valence-electron chi connectivity index (χ4n) is 5.13. The number of carbonyl (C=O) groups excluding carboxylic acids is 1. The maximum atomic E-state index is 11.6. The highest BCUT2D eigenvalue weighted by Crippen LogP contribution is 2.39. The molecule has 0 bridgehead atoms. The van der Waals surface area contributed by atoms with Gasteiger partial charge in [0.1, 0.15) is 23.0 Å². The number of nitrogens with zero attached hydrogens (tertiary/aromatic N) is 3. The Labute approximate surface area is 229 Å². The molecule has 6 rings (SSSR count). The molecule has 3 heterocycles. The second-order valence-electron chi connectivity index (χ2n) is 10.4. The standard InChI is InChI=1S/C29H30N6O5/c1-15-32-21-6-4-16(12-23(21)39-15)19-14-31-26-24(19)27(40-18-8-10-29(2,37)11-9-18)35-28(34-26)33-20-7-5-17(25(30)36)13-22(20)38-3/h4-7,12-14,18,37H,8-11H2,1-3H3,(H2,30,36)(H2,31,33,34,35). The van der Waals surface area contributed by atoms with Gasteiger partial charge in [-0.25, -0.2) is 4.98 Å². The SMILES string of the molecule is COc1cc(C(N)=O)ccc1Nc1nc(OC2CCC(C)(O)CC2)c2c(-c3ccc4nc(C)oc4c3)c[nH]c2n1. The van der Waals surface area contributed by atoms with Gasteiger partial charge in [-0.3, -0.25) is 4.79 Å². The third-order valence-corrected chi connectivity index (χ3v) is 7.33. The Kier molecular flexibility index (Phi) is 6.30. The molecule has 0 unspecified atom stereocenters. The van der Waals surface area contributed by atoms with Crippen molar-refractivity contribution in [3.05, 3.63) is 54.0 Å². The van der Waals surface area contributed by atoms with E-state index in [4.69, 9.17) is 29.6 Å². The topological polar surface area (TPSA) is 161 Å². The molecule has 206 valence electrons. The highest BCUT2D eigenvalue weighted by molar-refractivity contribution is 5.99. The summed E-state index contributed by atoms with van der Waals surface area (Å²) in [6.07, 6.45) is 4.44. The number of carbonyl (C=O) groups is 1. The normalized spacial score (nSPS) is 19.1. The Balaban J connectivity index is 1.42. The number of nitrogens with one attached hydrogen (secondary N) is 2. The van der Waals surface area contributed by atoms with Crippen LogP contribution in [0.25, 0.3) is 33.3 Å². The van der Waals surface area contributed by atoms with Gasteiger partial charge in [-0.2, -0.15) is 9.97 Å². The molecule has 1 amide bonds. The lowest BCUT2D eigenvalue weighted by atomic mass is 9.85. The zero-order valence-corrected chi connectivity index (χ0v) is 22.4. The molecule has 5 N–H and O–H groups in total. The van der Waals surface area contributed by atoms with Gasteiger partial charge in [-0.15, -0.1) is 0 Å². The van der Waals surface area contributed by atoms with Gasteiger partial charge < -0.3 is 35.0 Å². The average Bonchev–Trinajstić information content (AvgIpc) is 3.52. The predicted octanol–water partition coefficient (Wildman–Crippen LogP) is 5.00. The molecule has 1 aliphatic carbocycles. The van der Waals surface area contributed by atoms with Crippen LogP contribution in [0.2, 0.25) is 0 Å². The molecule has 11 heteroatoms. The number of rotatable bonds is 7. The first kappa shape index (κ1) is 25.6. The zero-order valence-electron chi connectivity index (χ0n) is 22.4. The maximum Gasteiger partial charge on any atom is 0.248 e. The van der Waals surface area contributed by atoms with Gasteiger partial charge >= 0.3 is 0 Å². The number of benzene rings is 2. The average molecular weight is 543 g/mol. The number of ether oxygens (including phenoxy) is 2. The fraction of sp³-hybridized carbons (Fsp3) is 0.310. The summed E-state index contributed by atoms with van der Waals surface area (Å²) < 4.78 is 17.7. The fourth-order valence-corrected chi connectivity index (χ4v) is 5.13. The molecule has 0 saturated heterocycles. The number of hydrogen-bond acceptors (Lipinski definition) is 9. The molecular formula is C29H30N6O5. The van der Waals surface area contributed by atoms with Crippen molar-refractivity contribution in [2.75, 3.05) is 12.4 Å². The molecule has 1 aliphatic rings. The molecule has 1 fully saturated rings. The molecule has 5 aromatic rings. The first-order chi connectivity index (χ1) is 19.2. The third kappa shape index (κ3) is 4.91. The van der Waals surface area contributed by atoms with E-state index in [-0.39, 0.29) is 12.1 Å². The van der Waals surface area contributed by atoms with Crippen LogP contribution >= 0.6 is 0 Å². The van der Waals surface area contributed by atoms with Gasteiger partial charge in [0.15, 0.2) is 11.5 Å². The molecule has 11 nitrogen and oxygen atoms in total. The quantitative estimate of drug-likeness (QED) is 0.222. The Morgan fingerprint density at radius 1 is 1.18 bits per heavy atom. The number of aliphatic hydroxyl groups is 1. The number of H-pyrrole nitrogens is 1. The van der Waals surface area contributed by atoms with Crippen molar-refractivity contribution in [1.82, 2.24) is 19.9 Å². The van der Waals surface area contributed by atoms with Gasteiger partial charge in [-0.05, 0) is 68.5 Å². The number of nitrogens with two attached hydrogens (primary N) is 1. The summed E-state index contributed by atoms with van der Waals surface area (Å²) >= 11 is 0. The van der Waals surface area contributed by atoms with Crippen molar-refractivity contribution in [2.45, 2.75) is 51.2 Å². The van der Waals surface area contributed by atoms with Crippen LogP contribution < -0.4 is 20.5 Å². The lowest BCUT2D eigenvalue weighted by Crippen LogP contribution is -2.35. The van der Waals surface area contributed by atoms with E-state index < -0.39 is 11.5 Å². The lowest BCUT2D eigenvalue weighted by Gasteiger charge is -2.33. The lowest BCUT2D eigenvalue weighted by molar-refractivity contribution is -0.0114. The third-order valence-electron chi connectivity index (χ3n) is 7.33. The number of fused-ring (bicyclic) bond motifs is 2. The van der Waals surface area contributed by atoms with Crippen LogP contribution in [0.1, 0.15) is 48.9 Å². The molecule has 3 aromatic heterocycles. The van der Waals surface area contributed by atoms with Gasteiger partial charge in [0.25, 0.3) is 0 Å². The van der Waals surface area contributed by atoms with E-state index in [2.05, 4.69) is 15.3 Å². The maximum absolute atomic E-state index is 11.6. The van der Waals surface area contributed by atoms with E-state index in [9.17, 15) is 9.90 Å². The number of aromatic nitrogens is 4. The minimum absolute atomic E-state index is 0.113. The number of oxazole rings is 1. The number of aryl methyl sites for hydroxylation is 1. The van der Waals surface area contributed by atoms with Crippen LogP contribution in [0, 0.1) is 6.92 Å². The van der Waals surface area contributed by atoms with Crippen molar-refractivity contribution in [3.8, 4) is 22.8 Å². The van der Waals surface area contributed by atoms with E-state index in [0.29, 0.717) is 65.7 Å². The smallest absolute Gasteiger partial charge is 0.248 e. The summed E-state index contributed by atoms with van der Waals surface area (Å²) in [4.78, 5) is 28.8. The predicted molar refractivity (Wildman–Crippen MR) is 150 cm³/mol. The second kappa shape index (κ2) is 9.83. The Bertz CT molecular complexity index is 1730. The first-order valence-electron chi connectivity index (χ1n) is 13.1. The van der Waals surface area contributed by atoms with Crippen molar-refractivity contribution >= 4 is 39.7 Å². The number of anilines is 2. The monoisotopic (exact) mass is 542 g/mol. The summed E-state index contributed by atoms with van der Waals surface area (Å²) in [7, 11) is 1.51. The second-order valence-corrected chi connectivity index (χ2v) is 10.4. The summed E-state index contributed by atoms with van der Waals surface area (Å²) in [6.45, 7) is 3.67. The Morgan fingerprint density at radius 2 is 1.98 bits per heavy atom. The summed E-state index contributed by atoms with van der Waals surface area (Å²) in [6, 6.07) is 10.7. The number of primary amides is 1. The van der Waals surface area contributed by atoms with Crippen LogP contribution in [-0.4, -0.2) is 49.8 Å². The Hall–Kier alpha value is -4.64. The minimum Gasteiger partial charge on any atom is -0.495 e. The van der Waals surface area contributed by atoms with Crippen molar-refractivity contribution < 1.29 is 23.8 Å². The molecule has 0 radical (unpaired) electrons. The van der Waals surface area contributed by atoms with Crippen molar-refractivity contribution in [2.24, 2.45) is 5.73 Å². The molecule has 0 spiro atoms. The molecular weight excluding hydrogens is 512 g/mol. The number of amides is 1. The first-order valence-corrected chi connectivity index (χ1v) is 13.1. The highest BCUT2D eigenvalue weighted by atomic mass is 16.5. The number of aromatic amines is 1. The summed E-state index contributed by atoms with van der Waals surface area (Å²) in [5, 5.41) is 14.4. The summed E-state index contributed by atoms with van der Waals surface area (Å²) in [5.41, 5.74) is 9.43. The minimum atomic E-state index is -0.689. The van der Waals surface area contributed by atoms with Gasteiger partial charge in [0.2, 0.25) is 17.7 Å². The van der Waals surface area contributed by atoms with E-state index in [1.165, 1.54) is 7.11 Å². The summed E-state index contributed by atoms with van der Waals surface area (Å²) in [5.74, 6) is 1.16. The van der Waals surface area contributed by atoms with Gasteiger partial charge in [0.05, 0.1) is 23.8 Å². The molecule has 0 aliphatic heterocycles. The highest BCUT2D eigenvalue weighted by Gasteiger charge is 2.31. The number of methoxy groups -OCH3 is 1. The van der Waals surface area contributed by atoms with Crippen molar-refractivity contribution in [3.63, 3.8) is 0 Å². The van der Waals surface area contributed by atoms with Crippen LogP contribution in [0.3, 0.4) is 0 Å². The Morgan fingerprint density at radius 3 is 2.73 bits per heavy atom. The zero-order chi connectivity index (χ0) is 28.0. The van der Waals surface area contributed by atoms with Crippen LogP contribution in [0.5, 0.6) is 11.6 Å². The van der Waals surface area contributed by atoms with E-state index >= 15 is 0 Å².